The lowest BCUT2D eigenvalue weighted by atomic mass is 9.97. The van der Waals surface area contributed by atoms with Gasteiger partial charge in [-0.05, 0) is 6.08 Å². The third kappa shape index (κ3) is 3.20. The zero-order chi connectivity index (χ0) is 15.7. The van der Waals surface area contributed by atoms with Crippen molar-refractivity contribution in [2.45, 2.75) is 23.4 Å². The van der Waals surface area contributed by atoms with E-state index in [4.69, 9.17) is 0 Å². The quantitative estimate of drug-likeness (QED) is 0.810. The molecule has 3 unspecified atom stereocenters. The van der Waals surface area contributed by atoms with E-state index >= 15 is 0 Å². The lowest BCUT2D eigenvalue weighted by Gasteiger charge is -2.37. The number of nitrogens with one attached hydrogen (secondary N) is 1. The van der Waals surface area contributed by atoms with Crippen LogP contribution in [0.2, 0.25) is 0 Å². The van der Waals surface area contributed by atoms with Gasteiger partial charge in [0, 0.05) is 25.8 Å². The average molecular weight is 341 g/mol. The molecule has 21 heavy (non-hydrogen) atoms. The first-order valence-corrected chi connectivity index (χ1v) is 8.02. The Labute approximate surface area is 124 Å². The van der Waals surface area contributed by atoms with Crippen LogP contribution in [0.25, 0.3) is 0 Å². The Morgan fingerprint density at radius 1 is 1.43 bits per heavy atom. The Morgan fingerprint density at radius 2 is 2.14 bits per heavy atom. The number of aromatic nitrogens is 2. The third-order valence-corrected chi connectivity index (χ3v) is 5.40. The van der Waals surface area contributed by atoms with Gasteiger partial charge >= 0.3 is 0 Å². The van der Waals surface area contributed by atoms with Gasteiger partial charge in [-0.25, -0.2) is 22.2 Å². The maximum atomic E-state index is 14.7. The summed E-state index contributed by atoms with van der Waals surface area (Å²) in [6.45, 7) is 0. The van der Waals surface area contributed by atoms with Crippen LogP contribution in [-0.2, 0) is 19.5 Å². The largest absolute Gasteiger partial charge is 0.348 e. The van der Waals surface area contributed by atoms with E-state index in [-0.39, 0.29) is 5.13 Å². The second-order valence-corrected chi connectivity index (χ2v) is 6.91. The van der Waals surface area contributed by atoms with Crippen LogP contribution >= 0.6 is 11.5 Å². The van der Waals surface area contributed by atoms with Gasteiger partial charge in [-0.15, -0.1) is 0 Å². The van der Waals surface area contributed by atoms with Crippen molar-refractivity contribution in [1.29, 1.82) is 0 Å². The smallest absolute Gasteiger partial charge is 0.246 e. The Hall–Kier alpha value is -1.17. The van der Waals surface area contributed by atoms with Gasteiger partial charge in [-0.2, -0.15) is 4.37 Å². The highest BCUT2D eigenvalue weighted by atomic mass is 32.2. The molecule has 0 aliphatic heterocycles. The number of halogens is 2. The maximum absolute atomic E-state index is 14.7. The molecular formula is C10H13F2N3O4S2. The molecule has 1 N–H and O–H groups in total. The van der Waals surface area contributed by atoms with Gasteiger partial charge in [-0.1, -0.05) is 6.08 Å². The first kappa shape index (κ1) is 16.2. The zero-order valence-corrected chi connectivity index (χ0v) is 12.7. The monoisotopic (exact) mass is 341 g/mol. The molecule has 11 heteroatoms. The molecule has 0 bridgehead atoms. The fourth-order valence-corrected chi connectivity index (χ4v) is 4.07. The Balaban J connectivity index is 2.35. The van der Waals surface area contributed by atoms with E-state index < -0.39 is 33.4 Å². The van der Waals surface area contributed by atoms with Gasteiger partial charge in [0.25, 0.3) is 0 Å². The Bertz CT molecular complexity index is 624. The number of ether oxygens (including phenoxy) is 2. The van der Waals surface area contributed by atoms with E-state index in [0.717, 1.165) is 44.2 Å². The molecule has 1 heterocycles. The minimum absolute atomic E-state index is 0.0225. The number of anilines is 1. The number of rotatable bonds is 5. The molecule has 2 rings (SSSR count). The molecule has 0 aromatic carbocycles. The Morgan fingerprint density at radius 3 is 2.67 bits per heavy atom. The summed E-state index contributed by atoms with van der Waals surface area (Å²) < 4.78 is 68.1. The van der Waals surface area contributed by atoms with Crippen molar-refractivity contribution in [2.24, 2.45) is 0 Å². The summed E-state index contributed by atoms with van der Waals surface area (Å²) in [7, 11) is -2.22. The zero-order valence-electron chi connectivity index (χ0n) is 11.1. The molecule has 0 radical (unpaired) electrons. The SMILES string of the molecule is COC1(F)C=CC(S(=O)(=O)Nc2ncns2)C(F)(OC)C1. The second kappa shape index (κ2) is 5.55. The van der Waals surface area contributed by atoms with Gasteiger partial charge in [-0.3, -0.25) is 4.72 Å². The summed E-state index contributed by atoms with van der Waals surface area (Å²) in [5.41, 5.74) is 0. The van der Waals surface area contributed by atoms with Crippen molar-refractivity contribution >= 4 is 26.7 Å². The normalized spacial score (nSPS) is 33.0. The number of methoxy groups -OCH3 is 2. The molecule has 1 aliphatic rings. The molecule has 0 saturated heterocycles. The van der Waals surface area contributed by atoms with Gasteiger partial charge in [0.15, 0.2) is 5.25 Å². The lowest BCUT2D eigenvalue weighted by Crippen LogP contribution is -2.53. The van der Waals surface area contributed by atoms with Crippen molar-refractivity contribution in [3.63, 3.8) is 0 Å². The van der Waals surface area contributed by atoms with E-state index in [9.17, 15) is 17.2 Å². The number of hydrogen-bond acceptors (Lipinski definition) is 7. The summed E-state index contributed by atoms with van der Waals surface area (Å²) in [5, 5.41) is -1.77. The summed E-state index contributed by atoms with van der Waals surface area (Å²) in [4.78, 5) is 3.65. The number of hydrogen-bond donors (Lipinski definition) is 1. The number of nitrogens with zero attached hydrogens (tertiary/aromatic N) is 2. The highest BCUT2D eigenvalue weighted by Crippen LogP contribution is 2.40. The minimum atomic E-state index is -4.24. The molecule has 1 aromatic rings. The summed E-state index contributed by atoms with van der Waals surface area (Å²) >= 11 is 0.788. The molecule has 1 aliphatic carbocycles. The maximum Gasteiger partial charge on any atom is 0.246 e. The van der Waals surface area contributed by atoms with Gasteiger partial charge in [0.1, 0.15) is 6.33 Å². The summed E-state index contributed by atoms with van der Waals surface area (Å²) in [5.74, 6) is -5.21. The first-order valence-electron chi connectivity index (χ1n) is 5.70. The highest BCUT2D eigenvalue weighted by Gasteiger charge is 2.55. The van der Waals surface area contributed by atoms with Crippen LogP contribution in [0.15, 0.2) is 18.5 Å². The van der Waals surface area contributed by atoms with Crippen LogP contribution < -0.4 is 4.72 Å². The standard InChI is InChI=1S/C10H13F2N3O4S2/c1-18-9(11)4-3-7(10(12,5-9)19-2)21(16,17)15-8-13-6-14-20-8/h3-4,6-7H,5H2,1-2H3,(H,13,14,15). The van der Waals surface area contributed by atoms with E-state index in [0.29, 0.717) is 0 Å². The molecule has 3 atom stereocenters. The highest BCUT2D eigenvalue weighted by molar-refractivity contribution is 7.93. The molecule has 0 saturated carbocycles. The fourth-order valence-electron chi connectivity index (χ4n) is 1.93. The molecule has 1 aromatic heterocycles. The predicted molar refractivity (Wildman–Crippen MR) is 71.7 cm³/mol. The molecule has 7 nitrogen and oxygen atoms in total. The van der Waals surface area contributed by atoms with Crippen LogP contribution in [0.4, 0.5) is 13.9 Å². The van der Waals surface area contributed by atoms with Crippen LogP contribution in [0.3, 0.4) is 0 Å². The van der Waals surface area contributed by atoms with E-state index in [1.54, 1.807) is 0 Å². The van der Waals surface area contributed by atoms with E-state index in [1.165, 1.54) is 0 Å². The second-order valence-electron chi connectivity index (χ2n) is 4.33. The van der Waals surface area contributed by atoms with Crippen molar-refractivity contribution in [1.82, 2.24) is 9.36 Å². The average Bonchev–Trinajstić information content (AvgIpc) is 2.90. The fraction of sp³-hybridized carbons (Fsp3) is 0.600. The molecule has 0 spiro atoms. The lowest BCUT2D eigenvalue weighted by molar-refractivity contribution is -0.197. The minimum Gasteiger partial charge on any atom is -0.348 e. The van der Waals surface area contributed by atoms with Gasteiger partial charge in [0.05, 0.1) is 6.42 Å². The molecule has 0 fully saturated rings. The van der Waals surface area contributed by atoms with Gasteiger partial charge in [0.2, 0.25) is 26.9 Å². The van der Waals surface area contributed by atoms with Crippen molar-refractivity contribution in [2.75, 3.05) is 18.9 Å². The molecular weight excluding hydrogens is 328 g/mol. The summed E-state index contributed by atoms with van der Waals surface area (Å²) in [6.07, 6.45) is 1.95. The van der Waals surface area contributed by atoms with Gasteiger partial charge < -0.3 is 9.47 Å². The van der Waals surface area contributed by atoms with Crippen LogP contribution in [0, 0.1) is 0 Å². The van der Waals surface area contributed by atoms with Crippen LogP contribution in [0.5, 0.6) is 0 Å². The van der Waals surface area contributed by atoms with Crippen molar-refractivity contribution in [3.05, 3.63) is 18.5 Å². The first-order chi connectivity index (χ1) is 9.75. The summed E-state index contributed by atoms with van der Waals surface area (Å²) in [6, 6.07) is 0. The predicted octanol–water partition coefficient (Wildman–Crippen LogP) is 1.23. The third-order valence-electron chi connectivity index (χ3n) is 3.03. The van der Waals surface area contributed by atoms with E-state index in [2.05, 4.69) is 23.6 Å². The Kier molecular flexibility index (Phi) is 4.29. The van der Waals surface area contributed by atoms with Crippen LogP contribution in [0.1, 0.15) is 6.42 Å². The van der Waals surface area contributed by atoms with Crippen molar-refractivity contribution < 1.29 is 26.7 Å². The molecule has 0 amide bonds. The van der Waals surface area contributed by atoms with E-state index in [1.807, 2.05) is 0 Å². The number of alkyl halides is 2. The topological polar surface area (TPSA) is 90.4 Å². The number of sulfonamides is 1. The van der Waals surface area contributed by atoms with Crippen LogP contribution in [-0.4, -0.2) is 49.0 Å². The molecule has 118 valence electrons. The van der Waals surface area contributed by atoms with Crippen molar-refractivity contribution in [3.8, 4) is 0 Å².